The van der Waals surface area contributed by atoms with E-state index < -0.39 is 12.0 Å². The van der Waals surface area contributed by atoms with Gasteiger partial charge in [0, 0.05) is 31.8 Å². The standard InChI is InChI=1S/C27H24FN3O3/c1-30-26(32)24-22-16-19(9-12-23(22)34-25(24)17-7-10-21(28)11-8-17)18-5-3-6-20(15-18)27(33)31(2)14-4-13-29/h3,5-12,15-16,24-25H,4,14H2,1-2H3,(H,30,32). The molecule has 0 fully saturated rings. The predicted octanol–water partition coefficient (Wildman–Crippen LogP) is 4.44. The van der Waals surface area contributed by atoms with Crippen molar-refractivity contribution in [2.45, 2.75) is 18.4 Å². The summed E-state index contributed by atoms with van der Waals surface area (Å²) >= 11 is 0. The van der Waals surface area contributed by atoms with Crippen LogP contribution in [-0.2, 0) is 4.79 Å². The number of fused-ring (bicyclic) bond motifs is 1. The summed E-state index contributed by atoms with van der Waals surface area (Å²) < 4.78 is 19.6. The zero-order valence-electron chi connectivity index (χ0n) is 18.9. The topological polar surface area (TPSA) is 82.4 Å². The van der Waals surface area contributed by atoms with Crippen molar-refractivity contribution in [3.8, 4) is 22.9 Å². The Balaban J connectivity index is 1.68. The molecule has 0 saturated carbocycles. The van der Waals surface area contributed by atoms with Crippen LogP contribution in [0.25, 0.3) is 11.1 Å². The van der Waals surface area contributed by atoms with E-state index in [9.17, 15) is 14.0 Å². The monoisotopic (exact) mass is 457 g/mol. The molecule has 0 spiro atoms. The molecular weight excluding hydrogens is 433 g/mol. The summed E-state index contributed by atoms with van der Waals surface area (Å²) in [5.41, 5.74) is 3.62. The molecule has 0 saturated heterocycles. The van der Waals surface area contributed by atoms with E-state index in [1.807, 2.05) is 36.4 Å². The number of amides is 2. The van der Waals surface area contributed by atoms with Gasteiger partial charge in [-0.25, -0.2) is 4.39 Å². The van der Waals surface area contributed by atoms with Crippen molar-refractivity contribution in [3.63, 3.8) is 0 Å². The molecule has 2 amide bonds. The normalized spacial score (nSPS) is 16.2. The number of hydrogen-bond donors (Lipinski definition) is 1. The fourth-order valence-electron chi connectivity index (χ4n) is 4.16. The van der Waals surface area contributed by atoms with Crippen LogP contribution >= 0.6 is 0 Å². The molecule has 0 radical (unpaired) electrons. The molecular formula is C27H24FN3O3. The van der Waals surface area contributed by atoms with Crippen LogP contribution in [0.3, 0.4) is 0 Å². The smallest absolute Gasteiger partial charge is 0.253 e. The molecule has 0 aliphatic carbocycles. The van der Waals surface area contributed by atoms with Crippen LogP contribution < -0.4 is 10.1 Å². The van der Waals surface area contributed by atoms with Crippen molar-refractivity contribution in [1.29, 1.82) is 5.26 Å². The third-order valence-corrected chi connectivity index (χ3v) is 5.98. The van der Waals surface area contributed by atoms with Crippen molar-refractivity contribution in [1.82, 2.24) is 10.2 Å². The van der Waals surface area contributed by atoms with Crippen LogP contribution in [0.1, 0.15) is 39.9 Å². The van der Waals surface area contributed by atoms with Gasteiger partial charge in [-0.15, -0.1) is 0 Å². The second-order valence-corrected chi connectivity index (χ2v) is 8.15. The fourth-order valence-corrected chi connectivity index (χ4v) is 4.16. The highest BCUT2D eigenvalue weighted by atomic mass is 19.1. The molecule has 34 heavy (non-hydrogen) atoms. The molecule has 6 nitrogen and oxygen atoms in total. The summed E-state index contributed by atoms with van der Waals surface area (Å²) in [7, 11) is 3.24. The van der Waals surface area contributed by atoms with Crippen molar-refractivity contribution in [3.05, 3.63) is 89.2 Å². The van der Waals surface area contributed by atoms with Gasteiger partial charge in [0.25, 0.3) is 5.91 Å². The lowest BCUT2D eigenvalue weighted by Gasteiger charge is -2.18. The molecule has 1 heterocycles. The summed E-state index contributed by atoms with van der Waals surface area (Å²) in [5, 5.41) is 11.5. The van der Waals surface area contributed by atoms with E-state index in [0.717, 1.165) is 16.7 Å². The first-order valence-corrected chi connectivity index (χ1v) is 10.9. The second kappa shape index (κ2) is 9.75. The molecule has 2 unspecified atom stereocenters. The molecule has 0 aromatic heterocycles. The molecule has 3 aromatic rings. The Bertz CT molecular complexity index is 1270. The van der Waals surface area contributed by atoms with E-state index in [1.165, 1.54) is 17.0 Å². The average Bonchev–Trinajstić information content (AvgIpc) is 3.25. The number of nitriles is 1. The average molecular weight is 458 g/mol. The number of benzene rings is 3. The lowest BCUT2D eigenvalue weighted by atomic mass is 9.88. The van der Waals surface area contributed by atoms with Crippen molar-refractivity contribution >= 4 is 11.8 Å². The van der Waals surface area contributed by atoms with Crippen LogP contribution in [0, 0.1) is 17.1 Å². The number of hydrogen-bond acceptors (Lipinski definition) is 4. The minimum Gasteiger partial charge on any atom is -0.484 e. The van der Waals surface area contributed by atoms with Gasteiger partial charge in [-0.05, 0) is 53.1 Å². The molecule has 0 bridgehead atoms. The molecule has 2 atom stereocenters. The highest BCUT2D eigenvalue weighted by Gasteiger charge is 2.40. The largest absolute Gasteiger partial charge is 0.484 e. The molecule has 1 N–H and O–H groups in total. The SMILES string of the molecule is CNC(=O)C1c2cc(-c3cccc(C(=O)N(C)CCC#N)c3)ccc2OC1c1ccc(F)cc1. The number of halogens is 1. The highest BCUT2D eigenvalue weighted by molar-refractivity contribution is 5.95. The maximum atomic E-state index is 13.4. The van der Waals surface area contributed by atoms with E-state index in [1.54, 1.807) is 38.4 Å². The number of nitrogens with one attached hydrogen (secondary N) is 1. The van der Waals surface area contributed by atoms with Crippen molar-refractivity contribution in [2.24, 2.45) is 0 Å². The Hall–Kier alpha value is -4.18. The maximum absolute atomic E-state index is 13.4. The maximum Gasteiger partial charge on any atom is 0.253 e. The van der Waals surface area contributed by atoms with Crippen LogP contribution in [0.15, 0.2) is 66.7 Å². The van der Waals surface area contributed by atoms with Gasteiger partial charge in [-0.2, -0.15) is 5.26 Å². The lowest BCUT2D eigenvalue weighted by molar-refractivity contribution is -0.123. The van der Waals surface area contributed by atoms with Gasteiger partial charge >= 0.3 is 0 Å². The van der Waals surface area contributed by atoms with Crippen LogP contribution in [0.2, 0.25) is 0 Å². The van der Waals surface area contributed by atoms with Crippen LogP contribution in [-0.4, -0.2) is 37.4 Å². The van der Waals surface area contributed by atoms with Gasteiger partial charge in [-0.3, -0.25) is 9.59 Å². The first-order valence-electron chi connectivity index (χ1n) is 10.9. The quantitative estimate of drug-likeness (QED) is 0.593. The first kappa shape index (κ1) is 23.0. The van der Waals surface area contributed by atoms with Crippen molar-refractivity contribution < 1.29 is 18.7 Å². The van der Waals surface area contributed by atoms with E-state index in [-0.39, 0.29) is 24.1 Å². The van der Waals surface area contributed by atoms with E-state index in [4.69, 9.17) is 10.00 Å². The van der Waals surface area contributed by atoms with E-state index >= 15 is 0 Å². The molecule has 3 aromatic carbocycles. The summed E-state index contributed by atoms with van der Waals surface area (Å²) in [6.45, 7) is 0.355. The molecule has 1 aliphatic heterocycles. The molecule has 4 rings (SSSR count). The summed E-state index contributed by atoms with van der Waals surface area (Å²) in [4.78, 5) is 27.1. The second-order valence-electron chi connectivity index (χ2n) is 8.15. The zero-order valence-corrected chi connectivity index (χ0v) is 18.9. The Morgan fingerprint density at radius 1 is 1.09 bits per heavy atom. The third kappa shape index (κ3) is 4.48. The molecule has 172 valence electrons. The third-order valence-electron chi connectivity index (χ3n) is 5.98. The Kier molecular flexibility index (Phi) is 6.60. The first-order chi connectivity index (χ1) is 16.4. The summed E-state index contributed by atoms with van der Waals surface area (Å²) in [5.74, 6) is -0.734. The number of likely N-dealkylation sites (N-methyl/N-ethyl adjacent to an activating group) is 1. The van der Waals surface area contributed by atoms with Gasteiger partial charge in [0.05, 0.1) is 12.5 Å². The number of ether oxygens (including phenoxy) is 1. The lowest BCUT2D eigenvalue weighted by Crippen LogP contribution is -2.28. The number of carbonyl (C=O) groups excluding carboxylic acids is 2. The van der Waals surface area contributed by atoms with Gasteiger partial charge in [0.15, 0.2) is 0 Å². The minimum absolute atomic E-state index is 0.166. The van der Waals surface area contributed by atoms with E-state index in [2.05, 4.69) is 5.32 Å². The Morgan fingerprint density at radius 2 is 1.82 bits per heavy atom. The van der Waals surface area contributed by atoms with Gasteiger partial charge in [0.1, 0.15) is 23.6 Å². The minimum atomic E-state index is -0.604. The van der Waals surface area contributed by atoms with E-state index in [0.29, 0.717) is 23.4 Å². The Morgan fingerprint density at radius 3 is 2.53 bits per heavy atom. The number of carbonyl (C=O) groups is 2. The summed E-state index contributed by atoms with van der Waals surface area (Å²) in [6.07, 6.45) is -0.310. The molecule has 1 aliphatic rings. The van der Waals surface area contributed by atoms with Crippen LogP contribution in [0.4, 0.5) is 4.39 Å². The van der Waals surface area contributed by atoms with Gasteiger partial charge < -0.3 is 15.0 Å². The zero-order chi connectivity index (χ0) is 24.2. The predicted molar refractivity (Wildman–Crippen MR) is 126 cm³/mol. The molecule has 7 heteroatoms. The van der Waals surface area contributed by atoms with Gasteiger partial charge in [-0.1, -0.05) is 30.3 Å². The Labute approximate surface area is 197 Å². The van der Waals surface area contributed by atoms with Crippen molar-refractivity contribution in [2.75, 3.05) is 20.6 Å². The highest BCUT2D eigenvalue weighted by Crippen LogP contribution is 2.47. The summed E-state index contributed by atoms with van der Waals surface area (Å²) in [6, 6.07) is 20.9. The van der Waals surface area contributed by atoms with Crippen LogP contribution in [0.5, 0.6) is 5.75 Å². The number of nitrogens with zero attached hydrogens (tertiary/aromatic N) is 2. The van der Waals surface area contributed by atoms with Gasteiger partial charge in [0.2, 0.25) is 5.91 Å². The number of rotatable bonds is 6. The fraction of sp³-hybridized carbons (Fsp3) is 0.222.